The van der Waals surface area contributed by atoms with Crippen LogP contribution in [0.25, 0.3) is 54.9 Å². The molecule has 0 bridgehead atoms. The highest BCUT2D eigenvalue weighted by molar-refractivity contribution is 7.80. The van der Waals surface area contributed by atoms with E-state index in [1.165, 1.54) is 5.56 Å². The van der Waals surface area contributed by atoms with Crippen LogP contribution in [-0.4, -0.2) is 16.0 Å². The van der Waals surface area contributed by atoms with Gasteiger partial charge in [0.05, 0.1) is 0 Å². The number of benzene rings is 6. The molecule has 0 heterocycles. The van der Waals surface area contributed by atoms with E-state index in [1.54, 1.807) is 0 Å². The van der Waals surface area contributed by atoms with E-state index in [0.29, 0.717) is 11.1 Å². The maximum absolute atomic E-state index is 12.0. The van der Waals surface area contributed by atoms with Crippen LogP contribution in [0.2, 0.25) is 0 Å². The molecule has 0 aliphatic heterocycles. The van der Waals surface area contributed by atoms with Crippen LogP contribution < -0.4 is 0 Å². The largest absolute Gasteiger partial charge is 0.507 e. The second-order valence-corrected chi connectivity index (χ2v) is 10.4. The normalized spacial score (nSPS) is 11.3. The predicted molar refractivity (Wildman–Crippen MR) is 168 cm³/mol. The molecule has 6 rings (SSSR count). The average Bonchev–Trinajstić information content (AvgIpc) is 2.98. The average molecular weight is 527 g/mol. The highest BCUT2D eigenvalue weighted by Gasteiger charge is 2.23. The lowest BCUT2D eigenvalue weighted by Crippen LogP contribution is -1.93. The van der Waals surface area contributed by atoms with Crippen molar-refractivity contribution in [2.75, 3.05) is 5.75 Å². The molecule has 192 valence electrons. The lowest BCUT2D eigenvalue weighted by atomic mass is 9.86. The van der Waals surface area contributed by atoms with Crippen LogP contribution in [0.15, 0.2) is 115 Å². The molecule has 0 radical (unpaired) electrons. The molecule has 2 N–H and O–H groups in total. The van der Waals surface area contributed by atoms with Gasteiger partial charge >= 0.3 is 0 Å². The number of rotatable bonds is 7. The van der Waals surface area contributed by atoms with E-state index in [9.17, 15) is 10.2 Å². The Balaban J connectivity index is 1.70. The van der Waals surface area contributed by atoms with Gasteiger partial charge in [0.2, 0.25) is 0 Å². The standard InChI is InChI=1S/C36H30O2S/c37-35-31(25-12-3-1-4-13-25)22-27-16-7-8-17-29(27)33(35)34-30-19-18-24(11-9-10-20-39)21-28(30)23-32(36(34)38)26-14-5-2-6-15-26/h1-8,12-19,21-23,37-39H,9-11,20H2. The van der Waals surface area contributed by atoms with Crippen LogP contribution in [0.3, 0.4) is 0 Å². The molecule has 0 aliphatic rings. The molecule has 0 aliphatic carbocycles. The Morgan fingerprint density at radius 3 is 1.67 bits per heavy atom. The van der Waals surface area contributed by atoms with Gasteiger partial charge in [-0.3, -0.25) is 0 Å². The van der Waals surface area contributed by atoms with Gasteiger partial charge in [-0.15, -0.1) is 0 Å². The predicted octanol–water partition coefficient (Wildman–Crippen LogP) is 9.66. The Bertz CT molecular complexity index is 1780. The number of phenols is 2. The molecule has 0 spiro atoms. The minimum atomic E-state index is 0.166. The van der Waals surface area contributed by atoms with E-state index in [1.807, 2.05) is 84.9 Å². The van der Waals surface area contributed by atoms with Gasteiger partial charge < -0.3 is 10.2 Å². The fourth-order valence-electron chi connectivity index (χ4n) is 5.56. The smallest absolute Gasteiger partial charge is 0.132 e. The zero-order valence-corrected chi connectivity index (χ0v) is 22.5. The molecule has 0 saturated carbocycles. The van der Waals surface area contributed by atoms with Crippen molar-refractivity contribution in [3.63, 3.8) is 0 Å². The Morgan fingerprint density at radius 1 is 0.513 bits per heavy atom. The van der Waals surface area contributed by atoms with Crippen LogP contribution in [0, 0.1) is 0 Å². The van der Waals surface area contributed by atoms with Crippen molar-refractivity contribution in [2.45, 2.75) is 19.3 Å². The van der Waals surface area contributed by atoms with E-state index < -0.39 is 0 Å². The first-order valence-corrected chi connectivity index (χ1v) is 14.0. The monoisotopic (exact) mass is 526 g/mol. The van der Waals surface area contributed by atoms with E-state index >= 15 is 0 Å². The molecule has 0 aromatic heterocycles. The number of thiol groups is 1. The first kappa shape index (κ1) is 25.1. The first-order chi connectivity index (χ1) is 19.2. The van der Waals surface area contributed by atoms with Crippen molar-refractivity contribution in [3.05, 3.63) is 121 Å². The second-order valence-electron chi connectivity index (χ2n) is 9.98. The Kier molecular flexibility index (Phi) is 7.00. The van der Waals surface area contributed by atoms with Crippen molar-refractivity contribution >= 4 is 34.2 Å². The molecule has 0 saturated heterocycles. The number of hydrogen-bond donors (Lipinski definition) is 3. The van der Waals surface area contributed by atoms with Crippen LogP contribution >= 0.6 is 12.6 Å². The molecular formula is C36H30O2S. The second kappa shape index (κ2) is 10.9. The molecule has 6 aromatic carbocycles. The minimum absolute atomic E-state index is 0.166. The van der Waals surface area contributed by atoms with E-state index in [2.05, 4.69) is 43.0 Å². The molecule has 2 nitrogen and oxygen atoms in total. The fraction of sp³-hybridized carbons (Fsp3) is 0.111. The summed E-state index contributed by atoms with van der Waals surface area (Å²) in [5, 5.41) is 27.7. The van der Waals surface area contributed by atoms with Crippen LogP contribution in [0.1, 0.15) is 18.4 Å². The number of aromatic hydroxyl groups is 2. The molecule has 0 amide bonds. The summed E-state index contributed by atoms with van der Waals surface area (Å²) in [4.78, 5) is 0. The van der Waals surface area contributed by atoms with Crippen molar-refractivity contribution in [3.8, 4) is 44.9 Å². The van der Waals surface area contributed by atoms with Crippen molar-refractivity contribution in [2.24, 2.45) is 0 Å². The summed E-state index contributed by atoms with van der Waals surface area (Å²) >= 11 is 4.37. The summed E-state index contributed by atoms with van der Waals surface area (Å²) in [6.07, 6.45) is 3.13. The first-order valence-electron chi connectivity index (χ1n) is 13.4. The van der Waals surface area contributed by atoms with Gasteiger partial charge in [-0.25, -0.2) is 0 Å². The van der Waals surface area contributed by atoms with E-state index in [0.717, 1.165) is 68.8 Å². The summed E-state index contributed by atoms with van der Waals surface area (Å²) in [5.41, 5.74) is 5.91. The Hall–Kier alpha value is -4.21. The number of hydrogen-bond acceptors (Lipinski definition) is 3. The van der Waals surface area contributed by atoms with Gasteiger partial charge in [-0.05, 0) is 75.4 Å². The summed E-state index contributed by atoms with van der Waals surface area (Å²) in [6.45, 7) is 0. The number of aryl methyl sites for hydroxylation is 1. The maximum atomic E-state index is 12.0. The SMILES string of the molecule is Oc1c(-c2ccccc2)cc2ccccc2c1-c1c(O)c(-c2ccccc2)cc2cc(CCCCS)ccc12. The maximum Gasteiger partial charge on any atom is 0.132 e. The minimum Gasteiger partial charge on any atom is -0.507 e. The van der Waals surface area contributed by atoms with Gasteiger partial charge in [-0.2, -0.15) is 12.6 Å². The quantitative estimate of drug-likeness (QED) is 0.143. The number of unbranched alkanes of at least 4 members (excludes halogenated alkanes) is 1. The van der Waals surface area contributed by atoms with Gasteiger partial charge in [-0.1, -0.05) is 103 Å². The van der Waals surface area contributed by atoms with Crippen molar-refractivity contribution in [1.82, 2.24) is 0 Å². The zero-order chi connectivity index (χ0) is 26.8. The van der Waals surface area contributed by atoms with Crippen molar-refractivity contribution < 1.29 is 10.2 Å². The van der Waals surface area contributed by atoms with Gasteiger partial charge in [0.25, 0.3) is 0 Å². The summed E-state index contributed by atoms with van der Waals surface area (Å²) in [5.74, 6) is 1.22. The molecule has 39 heavy (non-hydrogen) atoms. The van der Waals surface area contributed by atoms with Gasteiger partial charge in [0, 0.05) is 22.3 Å². The lowest BCUT2D eigenvalue weighted by Gasteiger charge is -2.20. The molecule has 0 unspecified atom stereocenters. The third kappa shape index (κ3) is 4.75. The topological polar surface area (TPSA) is 40.5 Å². The van der Waals surface area contributed by atoms with Crippen LogP contribution in [-0.2, 0) is 6.42 Å². The Labute approximate surface area is 234 Å². The molecule has 3 heteroatoms. The number of phenolic OH excluding ortho intramolecular Hbond substituents is 2. The van der Waals surface area contributed by atoms with E-state index in [4.69, 9.17) is 0 Å². The third-order valence-electron chi connectivity index (χ3n) is 7.49. The fourth-order valence-corrected chi connectivity index (χ4v) is 5.78. The molecule has 6 aromatic rings. The van der Waals surface area contributed by atoms with Gasteiger partial charge in [0.1, 0.15) is 11.5 Å². The summed E-state index contributed by atoms with van der Waals surface area (Å²) in [7, 11) is 0. The lowest BCUT2D eigenvalue weighted by molar-refractivity contribution is 0.472. The van der Waals surface area contributed by atoms with Gasteiger partial charge in [0.15, 0.2) is 0 Å². The third-order valence-corrected chi connectivity index (χ3v) is 7.81. The highest BCUT2D eigenvalue weighted by Crippen LogP contribution is 2.51. The van der Waals surface area contributed by atoms with Crippen LogP contribution in [0.4, 0.5) is 0 Å². The summed E-state index contributed by atoms with van der Waals surface area (Å²) in [6, 6.07) is 38.5. The Morgan fingerprint density at radius 2 is 1.05 bits per heavy atom. The molecule has 0 atom stereocenters. The molecular weight excluding hydrogens is 496 g/mol. The summed E-state index contributed by atoms with van der Waals surface area (Å²) < 4.78 is 0. The zero-order valence-electron chi connectivity index (χ0n) is 21.6. The highest BCUT2D eigenvalue weighted by atomic mass is 32.1. The van der Waals surface area contributed by atoms with Crippen molar-refractivity contribution in [1.29, 1.82) is 0 Å². The number of fused-ring (bicyclic) bond motifs is 2. The van der Waals surface area contributed by atoms with E-state index in [-0.39, 0.29) is 11.5 Å². The van der Waals surface area contributed by atoms with Crippen LogP contribution in [0.5, 0.6) is 11.5 Å². The molecule has 0 fully saturated rings.